The first-order chi connectivity index (χ1) is 12.2. The van der Waals surface area contributed by atoms with Gasteiger partial charge < -0.3 is 5.32 Å². The molecule has 1 aliphatic rings. The molecule has 1 fully saturated rings. The quantitative estimate of drug-likeness (QED) is 0.779. The number of hydrogen-bond donors (Lipinski definition) is 1. The molecule has 2 aromatic heterocycles. The summed E-state index contributed by atoms with van der Waals surface area (Å²) in [7, 11) is 1.91. The molecule has 1 aromatic carbocycles. The van der Waals surface area contributed by atoms with Gasteiger partial charge in [-0.15, -0.1) is 0 Å². The number of amides is 1. The molecule has 0 atom stereocenters. The van der Waals surface area contributed by atoms with Crippen LogP contribution < -0.4 is 5.32 Å². The third-order valence-electron chi connectivity index (χ3n) is 4.43. The Hall–Kier alpha value is -3.02. The first kappa shape index (κ1) is 15.5. The van der Waals surface area contributed by atoms with Crippen LogP contribution in [0.3, 0.4) is 0 Å². The summed E-state index contributed by atoms with van der Waals surface area (Å²) >= 11 is 0. The minimum Gasteiger partial charge on any atom is -0.346 e. The summed E-state index contributed by atoms with van der Waals surface area (Å²) in [5.74, 6) is 0.413. The summed E-state index contributed by atoms with van der Waals surface area (Å²) in [5.41, 5.74) is 4.12. The highest BCUT2D eigenvalue weighted by Gasteiger charge is 2.26. The fourth-order valence-corrected chi connectivity index (χ4v) is 2.86. The van der Waals surface area contributed by atoms with Crippen LogP contribution in [0.25, 0.3) is 11.3 Å². The highest BCUT2D eigenvalue weighted by atomic mass is 16.1. The van der Waals surface area contributed by atoms with Gasteiger partial charge in [0.2, 0.25) is 0 Å². The van der Waals surface area contributed by atoms with Crippen LogP contribution in [-0.4, -0.2) is 25.7 Å². The van der Waals surface area contributed by atoms with E-state index in [2.05, 4.69) is 26.4 Å². The highest BCUT2D eigenvalue weighted by molar-refractivity contribution is 5.99. The Morgan fingerprint density at radius 1 is 1.28 bits per heavy atom. The molecule has 3 aromatic rings. The summed E-state index contributed by atoms with van der Waals surface area (Å²) in [6.45, 7) is 0.429. The molecule has 0 bridgehead atoms. The first-order valence-corrected chi connectivity index (χ1v) is 8.39. The second-order valence-electron chi connectivity index (χ2n) is 6.29. The second kappa shape index (κ2) is 6.47. The van der Waals surface area contributed by atoms with Crippen molar-refractivity contribution in [1.29, 1.82) is 0 Å². The summed E-state index contributed by atoms with van der Waals surface area (Å²) in [6, 6.07) is 11.7. The number of carbonyl (C=O) groups is 1. The molecule has 0 radical (unpaired) electrons. The zero-order valence-electron chi connectivity index (χ0n) is 14.0. The minimum atomic E-state index is -0.186. The number of aromatic nitrogens is 4. The third-order valence-corrected chi connectivity index (χ3v) is 4.43. The van der Waals surface area contributed by atoms with E-state index in [0.29, 0.717) is 23.7 Å². The molecule has 1 amide bonds. The van der Waals surface area contributed by atoms with Crippen molar-refractivity contribution in [2.45, 2.75) is 25.3 Å². The van der Waals surface area contributed by atoms with Gasteiger partial charge >= 0.3 is 0 Å². The van der Waals surface area contributed by atoms with Gasteiger partial charge in [-0.2, -0.15) is 5.10 Å². The molecule has 2 heterocycles. The smallest absolute Gasteiger partial charge is 0.255 e. The lowest BCUT2D eigenvalue weighted by Gasteiger charge is -2.09. The summed E-state index contributed by atoms with van der Waals surface area (Å²) in [6.07, 6.45) is 5.45. The molecule has 1 N–H and O–H groups in total. The van der Waals surface area contributed by atoms with Crippen LogP contribution in [0.5, 0.6) is 0 Å². The molecule has 0 spiro atoms. The number of carbonyl (C=O) groups excluding carboxylic acids is 1. The van der Waals surface area contributed by atoms with Crippen LogP contribution >= 0.6 is 0 Å². The van der Waals surface area contributed by atoms with Gasteiger partial charge in [0.1, 0.15) is 6.33 Å². The third kappa shape index (κ3) is 3.28. The van der Waals surface area contributed by atoms with Gasteiger partial charge in [-0.3, -0.25) is 9.48 Å². The number of benzene rings is 1. The van der Waals surface area contributed by atoms with Crippen LogP contribution in [0.2, 0.25) is 0 Å². The Morgan fingerprint density at radius 3 is 2.84 bits per heavy atom. The van der Waals surface area contributed by atoms with Crippen molar-refractivity contribution < 1.29 is 4.79 Å². The number of nitrogens with zero attached hydrogens (tertiary/aromatic N) is 4. The van der Waals surface area contributed by atoms with Crippen molar-refractivity contribution in [2.75, 3.05) is 0 Å². The Morgan fingerprint density at radius 2 is 2.08 bits per heavy atom. The van der Waals surface area contributed by atoms with Gasteiger partial charge in [0.15, 0.2) is 0 Å². The van der Waals surface area contributed by atoms with Gasteiger partial charge in [-0.25, -0.2) is 9.97 Å². The van der Waals surface area contributed by atoms with E-state index in [1.807, 2.05) is 42.1 Å². The number of nitrogens with one attached hydrogen (secondary N) is 1. The van der Waals surface area contributed by atoms with E-state index in [1.165, 1.54) is 19.2 Å². The van der Waals surface area contributed by atoms with Crippen LogP contribution in [0, 0.1) is 0 Å². The molecule has 0 saturated heterocycles. The van der Waals surface area contributed by atoms with Crippen molar-refractivity contribution in [3.63, 3.8) is 0 Å². The maximum Gasteiger partial charge on any atom is 0.255 e. The topological polar surface area (TPSA) is 72.7 Å². The van der Waals surface area contributed by atoms with Crippen molar-refractivity contribution in [2.24, 2.45) is 7.05 Å². The van der Waals surface area contributed by atoms with Gasteiger partial charge in [-0.1, -0.05) is 30.3 Å². The molecule has 4 rings (SSSR count). The van der Waals surface area contributed by atoms with Crippen LogP contribution in [0.4, 0.5) is 0 Å². The maximum atomic E-state index is 12.7. The average Bonchev–Trinajstić information content (AvgIpc) is 3.44. The first-order valence-electron chi connectivity index (χ1n) is 8.39. The van der Waals surface area contributed by atoms with Crippen molar-refractivity contribution in [3.05, 3.63) is 65.9 Å². The van der Waals surface area contributed by atoms with E-state index in [-0.39, 0.29) is 5.91 Å². The molecule has 1 saturated carbocycles. The molecule has 0 aliphatic heterocycles. The largest absolute Gasteiger partial charge is 0.346 e. The summed E-state index contributed by atoms with van der Waals surface area (Å²) in [5, 5.41) is 7.49. The lowest BCUT2D eigenvalue weighted by Crippen LogP contribution is -2.25. The Balaban J connectivity index is 1.52. The second-order valence-corrected chi connectivity index (χ2v) is 6.29. The van der Waals surface area contributed by atoms with Crippen molar-refractivity contribution >= 4 is 5.91 Å². The monoisotopic (exact) mass is 333 g/mol. The van der Waals surface area contributed by atoms with E-state index in [9.17, 15) is 4.79 Å². The molecule has 6 heteroatoms. The summed E-state index contributed by atoms with van der Waals surface area (Å²) < 4.78 is 1.84. The number of rotatable bonds is 5. The Bertz CT molecular complexity index is 899. The maximum absolute atomic E-state index is 12.7. The van der Waals surface area contributed by atoms with Crippen molar-refractivity contribution in [3.8, 4) is 11.3 Å². The van der Waals surface area contributed by atoms with Gasteiger partial charge in [-0.05, 0) is 18.9 Å². The number of aryl methyl sites for hydroxylation is 1. The fraction of sp³-hybridized carbons (Fsp3) is 0.263. The minimum absolute atomic E-state index is 0.186. The van der Waals surface area contributed by atoms with Crippen LogP contribution in [0.15, 0.2) is 48.9 Å². The molecule has 1 aliphatic carbocycles. The van der Waals surface area contributed by atoms with Gasteiger partial charge in [0.05, 0.1) is 29.2 Å². The normalized spacial score (nSPS) is 13.6. The van der Waals surface area contributed by atoms with Crippen LogP contribution in [0.1, 0.15) is 40.5 Å². The Labute approximate surface area is 145 Å². The highest BCUT2D eigenvalue weighted by Crippen LogP contribution is 2.39. The predicted octanol–water partition coefficient (Wildman–Crippen LogP) is 2.68. The standard InChI is InChI=1S/C19H19N5O/c1-24-15(9-17(23-24)13-7-8-13)10-21-19(25)16-11-20-12-22-18(16)14-5-3-2-4-6-14/h2-6,9,11-13H,7-8,10H2,1H3,(H,21,25). The zero-order chi connectivity index (χ0) is 17.2. The van der Waals surface area contributed by atoms with E-state index in [0.717, 1.165) is 17.0 Å². The molecular weight excluding hydrogens is 314 g/mol. The average molecular weight is 333 g/mol. The lowest BCUT2D eigenvalue weighted by atomic mass is 10.1. The van der Waals surface area contributed by atoms with E-state index in [1.54, 1.807) is 6.20 Å². The van der Waals surface area contributed by atoms with Gasteiger partial charge in [0, 0.05) is 24.7 Å². The fourth-order valence-electron chi connectivity index (χ4n) is 2.86. The number of hydrogen-bond acceptors (Lipinski definition) is 4. The van der Waals surface area contributed by atoms with E-state index in [4.69, 9.17) is 0 Å². The molecule has 25 heavy (non-hydrogen) atoms. The van der Waals surface area contributed by atoms with Crippen molar-refractivity contribution in [1.82, 2.24) is 25.1 Å². The molecule has 6 nitrogen and oxygen atoms in total. The molecular formula is C19H19N5O. The lowest BCUT2D eigenvalue weighted by molar-refractivity contribution is 0.0950. The molecule has 0 unspecified atom stereocenters. The van der Waals surface area contributed by atoms with Gasteiger partial charge in [0.25, 0.3) is 5.91 Å². The van der Waals surface area contributed by atoms with E-state index >= 15 is 0 Å². The molecule has 126 valence electrons. The van der Waals surface area contributed by atoms with E-state index < -0.39 is 0 Å². The summed E-state index contributed by atoms with van der Waals surface area (Å²) in [4.78, 5) is 21.0. The van der Waals surface area contributed by atoms with Crippen LogP contribution in [-0.2, 0) is 13.6 Å². The predicted molar refractivity (Wildman–Crippen MR) is 93.8 cm³/mol. The zero-order valence-corrected chi connectivity index (χ0v) is 14.0. The SMILES string of the molecule is Cn1nc(C2CC2)cc1CNC(=O)c1cncnc1-c1ccccc1. The Kier molecular flexibility index (Phi) is 4.01.